The van der Waals surface area contributed by atoms with Gasteiger partial charge in [0, 0.05) is 17.4 Å². The van der Waals surface area contributed by atoms with Crippen molar-refractivity contribution in [3.8, 4) is 11.1 Å². The number of nitrogens with two attached hydrogens (primary N) is 1. The topological polar surface area (TPSA) is 63.8 Å². The van der Waals surface area contributed by atoms with Gasteiger partial charge < -0.3 is 11.1 Å². The minimum atomic E-state index is -4.48. The molecule has 0 fully saturated rings. The van der Waals surface area contributed by atoms with Crippen LogP contribution in [0.1, 0.15) is 5.56 Å². The van der Waals surface area contributed by atoms with Crippen LogP contribution in [0.15, 0.2) is 60.8 Å². The Labute approximate surface area is 136 Å². The van der Waals surface area contributed by atoms with Crippen molar-refractivity contribution in [1.82, 2.24) is 9.97 Å². The average Bonchev–Trinajstić information content (AvgIpc) is 2.55. The van der Waals surface area contributed by atoms with E-state index in [0.717, 1.165) is 11.8 Å². The van der Waals surface area contributed by atoms with E-state index in [1.807, 2.05) is 30.3 Å². The molecule has 24 heavy (non-hydrogen) atoms. The molecule has 4 nitrogen and oxygen atoms in total. The average molecular weight is 330 g/mol. The summed E-state index contributed by atoms with van der Waals surface area (Å²) >= 11 is 0. The van der Waals surface area contributed by atoms with Crippen LogP contribution < -0.4 is 11.1 Å². The van der Waals surface area contributed by atoms with Crippen LogP contribution in [0.4, 0.5) is 30.6 Å². The van der Waals surface area contributed by atoms with Crippen LogP contribution >= 0.6 is 0 Å². The van der Waals surface area contributed by atoms with Gasteiger partial charge in [-0.1, -0.05) is 36.4 Å². The third-order valence-electron chi connectivity index (χ3n) is 3.37. The molecule has 3 rings (SSSR count). The van der Waals surface area contributed by atoms with Gasteiger partial charge in [-0.2, -0.15) is 18.2 Å². The van der Waals surface area contributed by atoms with Gasteiger partial charge in [0.1, 0.15) is 5.82 Å². The number of halogens is 3. The largest absolute Gasteiger partial charge is 0.417 e. The Morgan fingerprint density at radius 2 is 1.54 bits per heavy atom. The molecule has 2 aromatic carbocycles. The summed E-state index contributed by atoms with van der Waals surface area (Å²) in [5.41, 5.74) is 5.93. The van der Waals surface area contributed by atoms with Crippen molar-refractivity contribution in [1.29, 1.82) is 0 Å². The predicted molar refractivity (Wildman–Crippen MR) is 86.6 cm³/mol. The Hall–Kier alpha value is -3.09. The van der Waals surface area contributed by atoms with Crippen LogP contribution in [0.25, 0.3) is 11.1 Å². The second-order valence-corrected chi connectivity index (χ2v) is 5.03. The quantitative estimate of drug-likeness (QED) is 0.743. The van der Waals surface area contributed by atoms with Crippen LogP contribution in [0, 0.1) is 0 Å². The number of rotatable bonds is 3. The summed E-state index contributed by atoms with van der Waals surface area (Å²) in [6, 6.07) is 14.3. The number of nitrogens with zero attached hydrogens (tertiary/aromatic N) is 2. The molecule has 0 unspecified atom stereocenters. The van der Waals surface area contributed by atoms with Crippen LogP contribution in [0.3, 0.4) is 0 Å². The Morgan fingerprint density at radius 1 is 0.875 bits per heavy atom. The Morgan fingerprint density at radius 3 is 2.21 bits per heavy atom. The zero-order chi connectivity index (χ0) is 17.2. The first-order valence-corrected chi connectivity index (χ1v) is 7.06. The third kappa shape index (κ3) is 3.29. The maximum absolute atomic E-state index is 13.1. The van der Waals surface area contributed by atoms with E-state index in [0.29, 0.717) is 0 Å². The fraction of sp³-hybridized carbons (Fsp3) is 0.0588. The lowest BCUT2D eigenvalue weighted by molar-refractivity contribution is -0.137. The minimum Gasteiger partial charge on any atom is -0.383 e. The van der Waals surface area contributed by atoms with E-state index in [1.165, 1.54) is 24.4 Å². The summed E-state index contributed by atoms with van der Waals surface area (Å²) in [5, 5.41) is 2.94. The molecule has 0 aliphatic rings. The van der Waals surface area contributed by atoms with E-state index in [4.69, 9.17) is 5.73 Å². The van der Waals surface area contributed by atoms with Crippen LogP contribution in [-0.2, 0) is 6.18 Å². The molecule has 0 amide bonds. The molecule has 3 N–H and O–H groups in total. The summed E-state index contributed by atoms with van der Waals surface area (Å²) in [5.74, 6) is 0.187. The molecule has 0 radical (unpaired) electrons. The second kappa shape index (κ2) is 6.19. The first-order chi connectivity index (χ1) is 11.4. The Bertz CT molecular complexity index is 848. The predicted octanol–water partition coefficient (Wildman–Crippen LogP) is 4.49. The minimum absolute atomic E-state index is 0.0277. The Kier molecular flexibility index (Phi) is 4.07. The molecular weight excluding hydrogens is 317 g/mol. The zero-order valence-corrected chi connectivity index (χ0v) is 12.4. The summed E-state index contributed by atoms with van der Waals surface area (Å²) in [4.78, 5) is 8.12. The van der Waals surface area contributed by atoms with Gasteiger partial charge in [-0.05, 0) is 23.8 Å². The second-order valence-electron chi connectivity index (χ2n) is 5.03. The molecule has 1 heterocycles. The maximum Gasteiger partial charge on any atom is 0.417 e. The highest BCUT2D eigenvalue weighted by atomic mass is 19.4. The van der Waals surface area contributed by atoms with Gasteiger partial charge in [0.25, 0.3) is 0 Å². The number of hydrogen-bond acceptors (Lipinski definition) is 4. The highest BCUT2D eigenvalue weighted by Gasteiger charge is 2.33. The molecule has 122 valence electrons. The van der Waals surface area contributed by atoms with Gasteiger partial charge in [-0.3, -0.25) is 0 Å². The first kappa shape index (κ1) is 15.8. The SMILES string of the molecule is Nc1nc(Nc2ccccc2)ncc1-c1ccccc1C(F)(F)F. The van der Waals surface area contributed by atoms with Gasteiger partial charge in [-0.15, -0.1) is 0 Å². The number of alkyl halides is 3. The summed E-state index contributed by atoms with van der Waals surface area (Å²) < 4.78 is 39.4. The van der Waals surface area contributed by atoms with Crippen LogP contribution in [0.5, 0.6) is 0 Å². The molecule has 0 spiro atoms. The molecule has 0 aliphatic heterocycles. The number of anilines is 3. The highest BCUT2D eigenvalue weighted by Crippen LogP contribution is 2.38. The first-order valence-electron chi connectivity index (χ1n) is 7.06. The standard InChI is InChI=1S/C17H13F3N4/c18-17(19,20)14-9-5-4-8-12(14)13-10-22-16(24-15(13)21)23-11-6-2-1-3-7-11/h1-10H,(H3,21,22,23,24). The van der Waals surface area contributed by atoms with Crippen molar-refractivity contribution in [3.05, 3.63) is 66.4 Å². The number of hydrogen-bond donors (Lipinski definition) is 2. The van der Waals surface area contributed by atoms with Crippen molar-refractivity contribution in [2.75, 3.05) is 11.1 Å². The van der Waals surface area contributed by atoms with Crippen molar-refractivity contribution in [2.24, 2.45) is 0 Å². The lowest BCUT2D eigenvalue weighted by Gasteiger charge is -2.14. The summed E-state index contributed by atoms with van der Waals surface area (Å²) in [6.45, 7) is 0. The van der Waals surface area contributed by atoms with E-state index in [-0.39, 0.29) is 22.9 Å². The van der Waals surface area contributed by atoms with E-state index in [9.17, 15) is 13.2 Å². The van der Waals surface area contributed by atoms with Crippen molar-refractivity contribution >= 4 is 17.5 Å². The van der Waals surface area contributed by atoms with Gasteiger partial charge in [-0.25, -0.2) is 4.98 Å². The van der Waals surface area contributed by atoms with Gasteiger partial charge in [0.15, 0.2) is 0 Å². The van der Waals surface area contributed by atoms with Gasteiger partial charge >= 0.3 is 6.18 Å². The summed E-state index contributed by atoms with van der Waals surface area (Å²) in [6.07, 6.45) is -3.19. The zero-order valence-electron chi connectivity index (χ0n) is 12.4. The van der Waals surface area contributed by atoms with E-state index in [2.05, 4.69) is 15.3 Å². The van der Waals surface area contributed by atoms with E-state index < -0.39 is 11.7 Å². The van der Waals surface area contributed by atoms with Crippen molar-refractivity contribution in [3.63, 3.8) is 0 Å². The number of nitrogens with one attached hydrogen (secondary N) is 1. The Balaban J connectivity index is 1.97. The molecule has 0 saturated heterocycles. The molecule has 7 heteroatoms. The fourth-order valence-electron chi connectivity index (χ4n) is 2.28. The number of para-hydroxylation sites is 1. The number of nitrogen functional groups attached to an aromatic ring is 1. The van der Waals surface area contributed by atoms with E-state index in [1.54, 1.807) is 0 Å². The molecule has 0 bridgehead atoms. The number of aromatic nitrogens is 2. The lowest BCUT2D eigenvalue weighted by Crippen LogP contribution is -2.08. The number of benzene rings is 2. The fourth-order valence-corrected chi connectivity index (χ4v) is 2.28. The highest BCUT2D eigenvalue weighted by molar-refractivity contribution is 5.77. The smallest absolute Gasteiger partial charge is 0.383 e. The molecule has 1 aromatic heterocycles. The molecule has 0 aliphatic carbocycles. The molecule has 0 atom stereocenters. The van der Waals surface area contributed by atoms with Crippen molar-refractivity contribution in [2.45, 2.75) is 6.18 Å². The van der Waals surface area contributed by atoms with Gasteiger partial charge in [0.05, 0.1) is 5.56 Å². The van der Waals surface area contributed by atoms with E-state index >= 15 is 0 Å². The van der Waals surface area contributed by atoms with Crippen LogP contribution in [0.2, 0.25) is 0 Å². The van der Waals surface area contributed by atoms with Crippen molar-refractivity contribution < 1.29 is 13.2 Å². The lowest BCUT2D eigenvalue weighted by atomic mass is 10.0. The third-order valence-corrected chi connectivity index (χ3v) is 3.37. The molecular formula is C17H13F3N4. The normalized spacial score (nSPS) is 11.3. The summed E-state index contributed by atoms with van der Waals surface area (Å²) in [7, 11) is 0. The molecule has 0 saturated carbocycles. The monoisotopic (exact) mass is 330 g/mol. The van der Waals surface area contributed by atoms with Crippen LogP contribution in [-0.4, -0.2) is 9.97 Å². The maximum atomic E-state index is 13.1. The van der Waals surface area contributed by atoms with Gasteiger partial charge in [0.2, 0.25) is 5.95 Å². The molecule has 3 aromatic rings.